The van der Waals surface area contributed by atoms with Crippen LogP contribution >= 0.6 is 11.6 Å². The summed E-state index contributed by atoms with van der Waals surface area (Å²) in [6.07, 6.45) is -2.73. The van der Waals surface area contributed by atoms with Gasteiger partial charge in [-0.2, -0.15) is 0 Å². The van der Waals surface area contributed by atoms with Crippen LogP contribution in [0.5, 0.6) is 0 Å². The lowest BCUT2D eigenvalue weighted by molar-refractivity contribution is -0.235. The number of halogens is 1. The number of fused-ring (bicyclic) bond motifs is 1. The summed E-state index contributed by atoms with van der Waals surface area (Å²) in [5.74, 6) is -2.04. The van der Waals surface area contributed by atoms with Gasteiger partial charge >= 0.3 is 5.97 Å². The number of rotatable bonds is 3. The zero-order valence-electron chi connectivity index (χ0n) is 13.9. The van der Waals surface area contributed by atoms with Crippen LogP contribution in [-0.4, -0.2) is 60.2 Å². The Hall–Kier alpha value is -0.440. The monoisotopic (exact) mass is 350 g/mol. The third kappa shape index (κ3) is 3.50. The van der Waals surface area contributed by atoms with Crippen molar-refractivity contribution in [1.82, 2.24) is 0 Å². The lowest BCUT2D eigenvalue weighted by Gasteiger charge is -2.29. The van der Waals surface area contributed by atoms with Gasteiger partial charge in [0.1, 0.15) is 17.6 Å². The van der Waals surface area contributed by atoms with E-state index < -0.39 is 47.5 Å². The van der Waals surface area contributed by atoms with E-state index in [1.807, 2.05) is 13.8 Å². The molecule has 0 spiro atoms. The number of carbonyl (C=O) groups is 1. The van der Waals surface area contributed by atoms with Crippen LogP contribution in [0.1, 0.15) is 34.6 Å². The van der Waals surface area contributed by atoms with Gasteiger partial charge in [0.2, 0.25) is 0 Å². The fourth-order valence-electron chi connectivity index (χ4n) is 3.04. The van der Waals surface area contributed by atoms with E-state index in [1.165, 1.54) is 0 Å². The Labute approximate surface area is 140 Å². The van der Waals surface area contributed by atoms with E-state index in [-0.39, 0.29) is 6.10 Å². The molecule has 0 amide bonds. The lowest BCUT2D eigenvalue weighted by Crippen LogP contribution is -2.45. The van der Waals surface area contributed by atoms with Crippen molar-refractivity contribution >= 4 is 17.6 Å². The van der Waals surface area contributed by atoms with Gasteiger partial charge in [-0.1, -0.05) is 0 Å². The smallest absolute Gasteiger partial charge is 0.324 e. The Kier molecular flexibility index (Phi) is 4.40. The van der Waals surface area contributed by atoms with Gasteiger partial charge in [0, 0.05) is 0 Å². The number of ether oxygens (including phenoxy) is 6. The van der Waals surface area contributed by atoms with Crippen molar-refractivity contribution in [3.05, 3.63) is 0 Å². The van der Waals surface area contributed by atoms with E-state index in [2.05, 4.69) is 0 Å². The van der Waals surface area contributed by atoms with Crippen molar-refractivity contribution in [2.75, 3.05) is 6.61 Å². The molecular weight excluding hydrogens is 328 g/mol. The van der Waals surface area contributed by atoms with Gasteiger partial charge < -0.3 is 28.4 Å². The first-order valence-electron chi connectivity index (χ1n) is 7.75. The molecule has 0 unspecified atom stereocenters. The van der Waals surface area contributed by atoms with Crippen LogP contribution in [0.15, 0.2) is 0 Å². The normalized spacial score (nSPS) is 42.4. The molecule has 3 fully saturated rings. The van der Waals surface area contributed by atoms with Gasteiger partial charge in [0.05, 0.1) is 6.61 Å². The summed E-state index contributed by atoms with van der Waals surface area (Å²) in [4.78, 5) is 12.0. The van der Waals surface area contributed by atoms with E-state index in [9.17, 15) is 4.79 Å². The number of hydrogen-bond donors (Lipinski definition) is 0. The summed E-state index contributed by atoms with van der Waals surface area (Å²) >= 11 is 5.81. The van der Waals surface area contributed by atoms with Crippen molar-refractivity contribution in [3.8, 4) is 0 Å². The van der Waals surface area contributed by atoms with Crippen molar-refractivity contribution in [2.24, 2.45) is 0 Å². The first-order chi connectivity index (χ1) is 10.6. The maximum Gasteiger partial charge on any atom is 0.324 e. The van der Waals surface area contributed by atoms with Crippen molar-refractivity contribution < 1.29 is 33.2 Å². The molecule has 0 aliphatic carbocycles. The van der Waals surface area contributed by atoms with Gasteiger partial charge in [0.15, 0.2) is 30.1 Å². The minimum Gasteiger partial charge on any atom is -0.455 e. The molecule has 3 aliphatic heterocycles. The maximum absolute atomic E-state index is 12.0. The molecule has 0 bridgehead atoms. The second kappa shape index (κ2) is 5.82. The quantitative estimate of drug-likeness (QED) is 0.565. The predicted octanol–water partition coefficient (Wildman–Crippen LogP) is 1.55. The molecule has 0 radical (unpaired) electrons. The first kappa shape index (κ1) is 17.4. The van der Waals surface area contributed by atoms with Crippen molar-refractivity contribution in [3.63, 3.8) is 0 Å². The Bertz CT molecular complexity index is 478. The standard InChI is InChI=1S/C15H23ClO7/c1-7(16)12(17)19-10-9(8-6-18-14(2,3)21-8)20-13-11(10)22-15(4,5)23-13/h7-11,13H,6H2,1-5H3/t7-,8+,9+,10-,11+,13+/m0/s1. The molecule has 0 aromatic rings. The average Bonchev–Trinajstić information content (AvgIpc) is 3.01. The molecule has 3 aliphatic rings. The maximum atomic E-state index is 12.0. The van der Waals surface area contributed by atoms with Crippen LogP contribution in [0.4, 0.5) is 0 Å². The molecule has 3 rings (SSSR count). The molecule has 0 aromatic heterocycles. The minimum atomic E-state index is -0.802. The Morgan fingerprint density at radius 3 is 2.39 bits per heavy atom. The van der Waals surface area contributed by atoms with Crippen molar-refractivity contribution in [2.45, 2.75) is 82.3 Å². The van der Waals surface area contributed by atoms with Gasteiger partial charge in [-0.3, -0.25) is 4.79 Å². The van der Waals surface area contributed by atoms with Crippen LogP contribution in [0.2, 0.25) is 0 Å². The van der Waals surface area contributed by atoms with Crippen LogP contribution in [0.3, 0.4) is 0 Å². The van der Waals surface area contributed by atoms with E-state index in [0.717, 1.165) is 0 Å². The van der Waals surface area contributed by atoms with Gasteiger partial charge in [-0.25, -0.2) is 0 Å². The van der Waals surface area contributed by atoms with Crippen molar-refractivity contribution in [1.29, 1.82) is 0 Å². The van der Waals surface area contributed by atoms with Gasteiger partial charge in [-0.05, 0) is 34.6 Å². The molecule has 0 aromatic carbocycles. The van der Waals surface area contributed by atoms with Crippen LogP contribution in [0, 0.1) is 0 Å². The summed E-state index contributed by atoms with van der Waals surface area (Å²) in [7, 11) is 0. The van der Waals surface area contributed by atoms with Crippen LogP contribution < -0.4 is 0 Å². The Morgan fingerprint density at radius 1 is 1.13 bits per heavy atom. The molecule has 7 nitrogen and oxygen atoms in total. The van der Waals surface area contributed by atoms with E-state index >= 15 is 0 Å². The predicted molar refractivity (Wildman–Crippen MR) is 78.8 cm³/mol. The third-order valence-corrected chi connectivity index (χ3v) is 4.18. The second-order valence-corrected chi connectivity index (χ2v) is 7.61. The van der Waals surface area contributed by atoms with E-state index in [0.29, 0.717) is 6.61 Å². The number of carbonyl (C=O) groups excluding carboxylic acids is 1. The number of alkyl halides is 1. The third-order valence-electron chi connectivity index (χ3n) is 4.00. The minimum absolute atomic E-state index is 0.338. The lowest BCUT2D eigenvalue weighted by atomic mass is 10.1. The fraction of sp³-hybridized carbons (Fsp3) is 0.933. The highest BCUT2D eigenvalue weighted by Crippen LogP contribution is 2.42. The molecule has 0 saturated carbocycles. The summed E-state index contributed by atoms with van der Waals surface area (Å²) in [6, 6.07) is 0. The second-order valence-electron chi connectivity index (χ2n) is 6.95. The number of esters is 1. The first-order valence-corrected chi connectivity index (χ1v) is 8.19. The highest BCUT2D eigenvalue weighted by molar-refractivity contribution is 6.29. The molecule has 0 N–H and O–H groups in total. The Morgan fingerprint density at radius 2 is 1.83 bits per heavy atom. The van der Waals surface area contributed by atoms with Gasteiger partial charge in [0.25, 0.3) is 0 Å². The Balaban J connectivity index is 1.77. The largest absolute Gasteiger partial charge is 0.455 e. The highest BCUT2D eigenvalue weighted by atomic mass is 35.5. The van der Waals surface area contributed by atoms with Gasteiger partial charge in [-0.15, -0.1) is 11.6 Å². The fourth-order valence-corrected chi connectivity index (χ4v) is 3.09. The summed E-state index contributed by atoms with van der Waals surface area (Å²) in [5.41, 5.74) is 0. The summed E-state index contributed by atoms with van der Waals surface area (Å²) in [6.45, 7) is 9.10. The zero-order chi connectivity index (χ0) is 17.0. The molecule has 3 saturated heterocycles. The molecule has 23 heavy (non-hydrogen) atoms. The van der Waals surface area contributed by atoms with Crippen LogP contribution in [0.25, 0.3) is 0 Å². The zero-order valence-corrected chi connectivity index (χ0v) is 14.7. The summed E-state index contributed by atoms with van der Waals surface area (Å²) < 4.78 is 34.4. The summed E-state index contributed by atoms with van der Waals surface area (Å²) in [5, 5.41) is -0.762. The van der Waals surface area contributed by atoms with E-state index in [4.69, 9.17) is 40.0 Å². The molecule has 132 valence electrons. The number of hydrogen-bond acceptors (Lipinski definition) is 7. The topological polar surface area (TPSA) is 72.5 Å². The molecule has 6 atom stereocenters. The molecular formula is C15H23ClO7. The SMILES string of the molecule is C[C@H](Cl)C(=O)O[C@@H]1[C@H]2OC(C)(C)O[C@H]2O[C@@H]1[C@H]1COC(C)(C)O1. The molecule has 8 heteroatoms. The average molecular weight is 351 g/mol. The highest BCUT2D eigenvalue weighted by Gasteiger charge is 2.60. The van der Waals surface area contributed by atoms with Crippen LogP contribution in [-0.2, 0) is 33.2 Å². The molecule has 3 heterocycles. The van der Waals surface area contributed by atoms with E-state index in [1.54, 1.807) is 20.8 Å².